The highest BCUT2D eigenvalue weighted by molar-refractivity contribution is 6.00. The highest BCUT2D eigenvalue weighted by atomic mass is 16.5. The van der Waals surface area contributed by atoms with Crippen molar-refractivity contribution in [3.63, 3.8) is 0 Å². The van der Waals surface area contributed by atoms with Gasteiger partial charge in [-0.2, -0.15) is 0 Å². The van der Waals surface area contributed by atoms with Crippen molar-refractivity contribution in [2.75, 3.05) is 20.3 Å². The molecule has 3 heteroatoms. The number of benzene rings is 1. The van der Waals surface area contributed by atoms with Gasteiger partial charge in [-0.05, 0) is 43.4 Å². The third kappa shape index (κ3) is 2.67. The molecular formula is C14H18O3. The molecule has 0 spiro atoms. The number of methoxy groups -OCH3 is 1. The van der Waals surface area contributed by atoms with Gasteiger partial charge in [0.1, 0.15) is 12.4 Å². The largest absolute Gasteiger partial charge is 0.493 e. The Morgan fingerprint density at radius 3 is 3.00 bits per heavy atom. The summed E-state index contributed by atoms with van der Waals surface area (Å²) in [7, 11) is 1.53. The summed E-state index contributed by atoms with van der Waals surface area (Å²) in [5.74, 6) is 0.768. The first-order valence-corrected chi connectivity index (χ1v) is 6.01. The van der Waals surface area contributed by atoms with Crippen molar-refractivity contribution < 1.29 is 14.3 Å². The van der Waals surface area contributed by atoms with Crippen molar-refractivity contribution in [1.29, 1.82) is 0 Å². The second-order valence-corrected chi connectivity index (χ2v) is 4.46. The average molecular weight is 234 g/mol. The van der Waals surface area contributed by atoms with Crippen LogP contribution in [0.2, 0.25) is 0 Å². The van der Waals surface area contributed by atoms with E-state index < -0.39 is 0 Å². The second-order valence-electron chi connectivity index (χ2n) is 4.46. The van der Waals surface area contributed by atoms with E-state index in [9.17, 15) is 4.79 Å². The number of fused-ring (bicyclic) bond motifs is 1. The maximum Gasteiger partial charge on any atom is 0.192 e. The number of carbonyl (C=O) groups is 1. The lowest BCUT2D eigenvalue weighted by atomic mass is 9.99. The molecule has 0 unspecified atom stereocenters. The summed E-state index contributed by atoms with van der Waals surface area (Å²) in [4.78, 5) is 12.0. The standard InChI is InChI=1S/C14H18O3/c1-10-7-11-5-3-4-6-17-14(11)12(8-10)13(15)9-16-2/h7-8H,3-6,9H2,1-2H3. The van der Waals surface area contributed by atoms with E-state index in [2.05, 4.69) is 6.07 Å². The average Bonchev–Trinajstić information content (AvgIpc) is 2.53. The quantitative estimate of drug-likeness (QED) is 0.754. The molecule has 0 aliphatic carbocycles. The number of Topliss-reactive ketones (excluding diaryl/α,β-unsaturated/α-hetero) is 1. The van der Waals surface area contributed by atoms with Gasteiger partial charge in [-0.3, -0.25) is 4.79 Å². The minimum atomic E-state index is -0.00523. The Labute approximate surface area is 102 Å². The lowest BCUT2D eigenvalue weighted by molar-refractivity contribution is 0.0844. The Hall–Kier alpha value is -1.35. The van der Waals surface area contributed by atoms with Gasteiger partial charge in [0, 0.05) is 7.11 Å². The fraction of sp³-hybridized carbons (Fsp3) is 0.500. The molecule has 0 saturated carbocycles. The van der Waals surface area contributed by atoms with Gasteiger partial charge in [-0.25, -0.2) is 0 Å². The van der Waals surface area contributed by atoms with Crippen molar-refractivity contribution >= 4 is 5.78 Å². The van der Waals surface area contributed by atoms with Crippen LogP contribution in [0.3, 0.4) is 0 Å². The first kappa shape index (κ1) is 12.1. The normalized spacial score (nSPS) is 14.7. The molecule has 17 heavy (non-hydrogen) atoms. The number of ether oxygens (including phenoxy) is 2. The van der Waals surface area contributed by atoms with Gasteiger partial charge in [0.2, 0.25) is 0 Å². The number of rotatable bonds is 3. The minimum absolute atomic E-state index is 0.00523. The van der Waals surface area contributed by atoms with E-state index in [1.165, 1.54) is 7.11 Å². The summed E-state index contributed by atoms with van der Waals surface area (Å²) in [6.07, 6.45) is 3.16. The third-order valence-electron chi connectivity index (χ3n) is 2.97. The smallest absolute Gasteiger partial charge is 0.192 e. The van der Waals surface area contributed by atoms with E-state index in [1.807, 2.05) is 13.0 Å². The van der Waals surface area contributed by atoms with Gasteiger partial charge in [0.15, 0.2) is 5.78 Å². The molecule has 1 aromatic rings. The Morgan fingerprint density at radius 1 is 1.41 bits per heavy atom. The van der Waals surface area contributed by atoms with Crippen LogP contribution in [0.25, 0.3) is 0 Å². The Balaban J connectivity index is 2.43. The van der Waals surface area contributed by atoms with Gasteiger partial charge in [0.25, 0.3) is 0 Å². The molecule has 0 amide bonds. The van der Waals surface area contributed by atoms with Gasteiger partial charge in [-0.1, -0.05) is 6.07 Å². The van der Waals surface area contributed by atoms with E-state index in [0.29, 0.717) is 12.2 Å². The van der Waals surface area contributed by atoms with Crippen molar-refractivity contribution in [2.45, 2.75) is 26.2 Å². The molecule has 2 rings (SSSR count). The summed E-state index contributed by atoms with van der Waals surface area (Å²) >= 11 is 0. The van der Waals surface area contributed by atoms with Crippen LogP contribution in [0, 0.1) is 6.92 Å². The van der Waals surface area contributed by atoms with Crippen LogP contribution in [0.1, 0.15) is 34.3 Å². The zero-order valence-corrected chi connectivity index (χ0v) is 10.4. The van der Waals surface area contributed by atoms with Gasteiger partial charge < -0.3 is 9.47 Å². The molecular weight excluding hydrogens is 216 g/mol. The predicted molar refractivity (Wildman–Crippen MR) is 65.8 cm³/mol. The molecule has 0 radical (unpaired) electrons. The molecule has 92 valence electrons. The molecule has 1 aromatic carbocycles. The zero-order valence-electron chi connectivity index (χ0n) is 10.4. The molecule has 1 heterocycles. The number of hydrogen-bond acceptors (Lipinski definition) is 3. The summed E-state index contributed by atoms with van der Waals surface area (Å²) in [6.45, 7) is 2.82. The monoisotopic (exact) mass is 234 g/mol. The minimum Gasteiger partial charge on any atom is -0.493 e. The lowest BCUT2D eigenvalue weighted by Crippen LogP contribution is -2.11. The third-order valence-corrected chi connectivity index (χ3v) is 2.97. The first-order valence-electron chi connectivity index (χ1n) is 6.01. The van der Waals surface area contributed by atoms with E-state index in [1.54, 1.807) is 0 Å². The van der Waals surface area contributed by atoms with Gasteiger partial charge >= 0.3 is 0 Å². The van der Waals surface area contributed by atoms with Gasteiger partial charge in [0.05, 0.1) is 12.2 Å². The number of hydrogen-bond donors (Lipinski definition) is 0. The summed E-state index contributed by atoms with van der Waals surface area (Å²) in [5, 5.41) is 0. The van der Waals surface area contributed by atoms with Gasteiger partial charge in [-0.15, -0.1) is 0 Å². The molecule has 1 aliphatic rings. The highest BCUT2D eigenvalue weighted by Gasteiger charge is 2.18. The van der Waals surface area contributed by atoms with E-state index in [0.717, 1.165) is 36.1 Å². The van der Waals surface area contributed by atoms with Crippen LogP contribution in [-0.4, -0.2) is 26.1 Å². The lowest BCUT2D eigenvalue weighted by Gasteiger charge is -2.13. The van der Waals surface area contributed by atoms with E-state index >= 15 is 0 Å². The summed E-state index contributed by atoms with van der Waals surface area (Å²) < 4.78 is 10.6. The van der Waals surface area contributed by atoms with Crippen LogP contribution in [0.15, 0.2) is 12.1 Å². The Morgan fingerprint density at radius 2 is 2.24 bits per heavy atom. The maximum atomic E-state index is 12.0. The van der Waals surface area contributed by atoms with E-state index in [-0.39, 0.29) is 12.4 Å². The Bertz CT molecular complexity index is 424. The molecule has 0 atom stereocenters. The molecule has 0 bridgehead atoms. The first-order chi connectivity index (χ1) is 8.22. The molecule has 3 nitrogen and oxygen atoms in total. The van der Waals surface area contributed by atoms with Crippen molar-refractivity contribution in [2.24, 2.45) is 0 Å². The molecule has 1 aliphatic heterocycles. The van der Waals surface area contributed by atoms with Crippen LogP contribution in [0.5, 0.6) is 5.75 Å². The van der Waals surface area contributed by atoms with Crippen LogP contribution >= 0.6 is 0 Å². The SMILES string of the molecule is COCC(=O)c1cc(C)cc2c1OCCCC2. The van der Waals surface area contributed by atoms with Crippen molar-refractivity contribution in [3.05, 3.63) is 28.8 Å². The van der Waals surface area contributed by atoms with Crippen LogP contribution < -0.4 is 4.74 Å². The van der Waals surface area contributed by atoms with E-state index in [4.69, 9.17) is 9.47 Å². The summed E-state index contributed by atoms with van der Waals surface area (Å²) in [6, 6.07) is 4.01. The summed E-state index contributed by atoms with van der Waals surface area (Å²) in [5.41, 5.74) is 2.93. The van der Waals surface area contributed by atoms with Crippen LogP contribution in [-0.2, 0) is 11.2 Å². The molecule has 0 fully saturated rings. The predicted octanol–water partition coefficient (Wildman–Crippen LogP) is 2.54. The van der Waals surface area contributed by atoms with Crippen LogP contribution in [0.4, 0.5) is 0 Å². The highest BCUT2D eigenvalue weighted by Crippen LogP contribution is 2.30. The topological polar surface area (TPSA) is 35.5 Å². The van der Waals surface area contributed by atoms with Crippen molar-refractivity contribution in [3.8, 4) is 5.75 Å². The second kappa shape index (κ2) is 5.32. The number of aryl methyl sites for hydroxylation is 2. The number of carbonyl (C=O) groups excluding carboxylic acids is 1. The molecule has 0 N–H and O–H groups in total. The number of ketones is 1. The maximum absolute atomic E-state index is 12.0. The molecule has 0 aromatic heterocycles. The van der Waals surface area contributed by atoms with Crippen molar-refractivity contribution in [1.82, 2.24) is 0 Å². The zero-order chi connectivity index (χ0) is 12.3. The molecule has 0 saturated heterocycles. The fourth-order valence-corrected chi connectivity index (χ4v) is 2.21. The Kier molecular flexibility index (Phi) is 3.79. The fourth-order valence-electron chi connectivity index (χ4n) is 2.21.